The average Bonchev–Trinajstić information content (AvgIpc) is 2.69. The predicted octanol–water partition coefficient (Wildman–Crippen LogP) is 1.02. The van der Waals surface area contributed by atoms with Crippen molar-refractivity contribution in [3.63, 3.8) is 0 Å². The second kappa shape index (κ2) is 7.64. The lowest BCUT2D eigenvalue weighted by Gasteiger charge is -2.58. The topological polar surface area (TPSA) is 77.9 Å². The fourth-order valence-electron chi connectivity index (χ4n) is 4.18. The maximum atomic E-state index is 12.4. The van der Waals surface area contributed by atoms with E-state index < -0.39 is 10.0 Å². The maximum Gasteiger partial charge on any atom is 0.238 e. The van der Waals surface area contributed by atoms with Crippen molar-refractivity contribution in [3.05, 3.63) is 71.3 Å². The monoisotopic (exact) mass is 410 g/mol. The van der Waals surface area contributed by atoms with Crippen LogP contribution in [-0.2, 0) is 14.8 Å². The second-order valence-corrected chi connectivity index (χ2v) is 9.42. The Kier molecular flexibility index (Phi) is 5.17. The van der Waals surface area contributed by atoms with E-state index in [2.05, 4.69) is 11.8 Å². The number of sulfonamides is 1. The first-order valence-corrected chi connectivity index (χ1v) is 11.3. The van der Waals surface area contributed by atoms with Crippen molar-refractivity contribution in [2.75, 3.05) is 26.0 Å². The third-order valence-electron chi connectivity index (χ3n) is 5.61. The Bertz CT molecular complexity index is 1070. The van der Waals surface area contributed by atoms with Gasteiger partial charge in [0, 0.05) is 23.6 Å². The lowest BCUT2D eigenvalue weighted by molar-refractivity contribution is -0.158. The minimum atomic E-state index is -3.45. The summed E-state index contributed by atoms with van der Waals surface area (Å²) in [6.45, 7) is -0.0603. The molecule has 0 saturated carbocycles. The van der Waals surface area contributed by atoms with Crippen LogP contribution in [0.5, 0.6) is 0 Å². The van der Waals surface area contributed by atoms with Crippen LogP contribution in [0.3, 0.4) is 0 Å². The second-order valence-electron chi connectivity index (χ2n) is 7.44. The smallest absolute Gasteiger partial charge is 0.238 e. The number of rotatable bonds is 3. The maximum absolute atomic E-state index is 12.4. The Morgan fingerprint density at radius 1 is 1.03 bits per heavy atom. The number of hydrogen-bond donors (Lipinski definition) is 1. The molecule has 2 saturated heterocycles. The first-order valence-electron chi connectivity index (χ1n) is 9.42. The summed E-state index contributed by atoms with van der Waals surface area (Å²) in [6, 6.07) is 16.9. The van der Waals surface area contributed by atoms with E-state index in [1.807, 2.05) is 54.6 Å². The molecule has 7 heteroatoms. The van der Waals surface area contributed by atoms with Crippen LogP contribution in [0.15, 0.2) is 54.6 Å². The standard InChI is InChI=1S/C22H22N2O4S/c1-29(27,28)23-13-19-22(20(15-25)24(19)21(26)14-23)18-11-9-17(10-12-18)8-7-16-5-3-2-4-6-16/h2-6,9-12,19-20,22,25H,13-15H2,1H3/t19-,20+,22+/m1/s1. The summed E-state index contributed by atoms with van der Waals surface area (Å²) in [5, 5.41) is 9.82. The minimum absolute atomic E-state index is 0.107. The van der Waals surface area contributed by atoms with Gasteiger partial charge >= 0.3 is 0 Å². The van der Waals surface area contributed by atoms with Crippen molar-refractivity contribution in [1.29, 1.82) is 0 Å². The van der Waals surface area contributed by atoms with E-state index in [4.69, 9.17) is 0 Å². The predicted molar refractivity (Wildman–Crippen MR) is 110 cm³/mol. The summed E-state index contributed by atoms with van der Waals surface area (Å²) in [5.74, 6) is 5.88. The molecule has 2 heterocycles. The molecule has 2 fully saturated rings. The number of carbonyl (C=O) groups is 1. The summed E-state index contributed by atoms with van der Waals surface area (Å²) in [4.78, 5) is 14.1. The Morgan fingerprint density at radius 3 is 2.24 bits per heavy atom. The largest absolute Gasteiger partial charge is 0.394 e. The molecular formula is C22H22N2O4S. The number of hydrogen-bond acceptors (Lipinski definition) is 4. The number of carbonyl (C=O) groups excluding carboxylic acids is 1. The van der Waals surface area contributed by atoms with Gasteiger partial charge in [-0.1, -0.05) is 42.2 Å². The van der Waals surface area contributed by atoms with Crippen LogP contribution in [0.25, 0.3) is 0 Å². The Morgan fingerprint density at radius 2 is 1.66 bits per heavy atom. The molecule has 1 amide bonds. The number of piperazine rings is 1. The fourth-order valence-corrected chi connectivity index (χ4v) is 4.95. The summed E-state index contributed by atoms with van der Waals surface area (Å²) >= 11 is 0. The summed E-state index contributed by atoms with van der Waals surface area (Å²) in [5.41, 5.74) is 2.78. The van der Waals surface area contributed by atoms with E-state index in [1.165, 1.54) is 4.31 Å². The molecule has 29 heavy (non-hydrogen) atoms. The highest BCUT2D eigenvalue weighted by Gasteiger charge is 2.54. The summed E-state index contributed by atoms with van der Waals surface area (Å²) in [6.07, 6.45) is 1.12. The Hall–Kier alpha value is -2.66. The van der Waals surface area contributed by atoms with E-state index >= 15 is 0 Å². The van der Waals surface area contributed by atoms with Crippen LogP contribution in [0.4, 0.5) is 0 Å². The molecule has 2 aliphatic rings. The van der Waals surface area contributed by atoms with Gasteiger partial charge in [0.25, 0.3) is 0 Å². The van der Waals surface area contributed by atoms with Gasteiger partial charge < -0.3 is 10.0 Å². The van der Waals surface area contributed by atoms with Gasteiger partial charge in [0.1, 0.15) is 0 Å². The van der Waals surface area contributed by atoms with Gasteiger partial charge in [-0.15, -0.1) is 0 Å². The lowest BCUT2D eigenvalue weighted by Crippen LogP contribution is -2.73. The zero-order chi connectivity index (χ0) is 20.6. The number of fused-ring (bicyclic) bond motifs is 1. The van der Waals surface area contributed by atoms with E-state index in [0.717, 1.165) is 22.9 Å². The molecule has 0 bridgehead atoms. The number of benzene rings is 2. The van der Waals surface area contributed by atoms with Crippen molar-refractivity contribution in [2.24, 2.45) is 0 Å². The Labute approximate surface area is 170 Å². The molecule has 2 aliphatic heterocycles. The fraction of sp³-hybridized carbons (Fsp3) is 0.318. The molecule has 150 valence electrons. The molecule has 4 rings (SSSR count). The molecule has 0 aliphatic carbocycles. The minimum Gasteiger partial charge on any atom is -0.394 e. The zero-order valence-electron chi connectivity index (χ0n) is 16.0. The molecular weight excluding hydrogens is 388 g/mol. The van der Waals surface area contributed by atoms with Gasteiger partial charge in [-0.3, -0.25) is 4.79 Å². The van der Waals surface area contributed by atoms with Crippen LogP contribution in [-0.4, -0.2) is 66.7 Å². The third-order valence-corrected chi connectivity index (χ3v) is 6.83. The van der Waals surface area contributed by atoms with Gasteiger partial charge in [-0.25, -0.2) is 8.42 Å². The highest BCUT2D eigenvalue weighted by molar-refractivity contribution is 7.88. The van der Waals surface area contributed by atoms with Crippen LogP contribution in [0, 0.1) is 11.8 Å². The highest BCUT2D eigenvalue weighted by atomic mass is 32.2. The quantitative estimate of drug-likeness (QED) is 0.767. The lowest BCUT2D eigenvalue weighted by atomic mass is 9.74. The van der Waals surface area contributed by atoms with Crippen LogP contribution in [0.2, 0.25) is 0 Å². The van der Waals surface area contributed by atoms with Crippen LogP contribution in [0.1, 0.15) is 22.6 Å². The molecule has 0 unspecified atom stereocenters. The summed E-state index contributed by atoms with van der Waals surface area (Å²) in [7, 11) is -3.45. The van der Waals surface area contributed by atoms with Gasteiger partial charge in [0.05, 0.1) is 31.5 Å². The van der Waals surface area contributed by atoms with E-state index in [0.29, 0.717) is 0 Å². The van der Waals surface area contributed by atoms with Crippen molar-refractivity contribution >= 4 is 15.9 Å². The van der Waals surface area contributed by atoms with Gasteiger partial charge in [-0.2, -0.15) is 4.31 Å². The molecule has 0 spiro atoms. The molecule has 2 aromatic carbocycles. The first-order chi connectivity index (χ1) is 13.9. The Balaban J connectivity index is 1.56. The van der Waals surface area contributed by atoms with Crippen LogP contribution >= 0.6 is 0 Å². The van der Waals surface area contributed by atoms with Crippen molar-refractivity contribution in [3.8, 4) is 11.8 Å². The van der Waals surface area contributed by atoms with Gasteiger partial charge in [0.2, 0.25) is 15.9 Å². The third kappa shape index (κ3) is 3.79. The van der Waals surface area contributed by atoms with E-state index in [9.17, 15) is 18.3 Å². The van der Waals surface area contributed by atoms with Gasteiger partial charge in [0.15, 0.2) is 0 Å². The summed E-state index contributed by atoms with van der Waals surface area (Å²) < 4.78 is 25.1. The van der Waals surface area contributed by atoms with Crippen molar-refractivity contribution < 1.29 is 18.3 Å². The number of nitrogens with zero attached hydrogens (tertiary/aromatic N) is 2. The van der Waals surface area contributed by atoms with Crippen molar-refractivity contribution in [2.45, 2.75) is 18.0 Å². The molecule has 1 N–H and O–H groups in total. The molecule has 0 radical (unpaired) electrons. The average molecular weight is 410 g/mol. The molecule has 3 atom stereocenters. The molecule has 0 aromatic heterocycles. The van der Waals surface area contributed by atoms with E-state index in [-0.39, 0.29) is 43.6 Å². The number of aliphatic hydroxyl groups is 1. The zero-order valence-corrected chi connectivity index (χ0v) is 16.8. The van der Waals surface area contributed by atoms with Crippen LogP contribution < -0.4 is 0 Å². The SMILES string of the molecule is CS(=O)(=O)N1CC(=O)N2[C@H](C1)[C@H](c1ccc(C#Cc3ccccc3)cc1)[C@@H]2CO. The van der Waals surface area contributed by atoms with Crippen molar-refractivity contribution in [1.82, 2.24) is 9.21 Å². The van der Waals surface area contributed by atoms with Gasteiger partial charge in [-0.05, 0) is 29.8 Å². The number of aliphatic hydroxyl groups excluding tert-OH is 1. The molecule has 6 nitrogen and oxygen atoms in total. The number of amides is 1. The molecule has 2 aromatic rings. The van der Waals surface area contributed by atoms with E-state index in [1.54, 1.807) is 4.90 Å². The normalized spacial score (nSPS) is 24.3. The first kappa shape index (κ1) is 19.6. The highest BCUT2D eigenvalue weighted by Crippen LogP contribution is 2.43.